The zero-order chi connectivity index (χ0) is 6.91. The molecule has 1 aliphatic rings. The summed E-state index contributed by atoms with van der Waals surface area (Å²) in [6.45, 7) is 1.88. The van der Waals surface area contributed by atoms with Crippen molar-refractivity contribution >= 4 is 9.84 Å². The monoisotopic (exact) mass is 144 g/mol. The molecule has 0 saturated carbocycles. The van der Waals surface area contributed by atoms with Crippen LogP contribution in [0.4, 0.5) is 0 Å². The molecular formula is C6H8O2S. The largest absolute Gasteiger partial charge is 0.224 e. The van der Waals surface area contributed by atoms with E-state index in [2.05, 4.69) is 0 Å². The Kier molecular flexibility index (Phi) is 1.45. The van der Waals surface area contributed by atoms with Crippen molar-refractivity contribution in [3.63, 3.8) is 0 Å². The fourth-order valence-electron chi connectivity index (χ4n) is 0.582. The molecule has 0 aromatic carbocycles. The van der Waals surface area contributed by atoms with Gasteiger partial charge in [0.2, 0.25) is 0 Å². The number of hydrogen-bond acceptors (Lipinski definition) is 2. The second kappa shape index (κ2) is 1.99. The zero-order valence-corrected chi connectivity index (χ0v) is 5.98. The van der Waals surface area contributed by atoms with Crippen LogP contribution in [0, 0.1) is 0 Å². The third-order valence-corrected chi connectivity index (χ3v) is 2.36. The first-order valence-corrected chi connectivity index (χ1v) is 4.39. The Balaban J connectivity index is 2.95. The highest BCUT2D eigenvalue weighted by Gasteiger charge is 2.06. The molecule has 1 rings (SSSR count). The molecule has 0 aromatic heterocycles. The Labute approximate surface area is 54.8 Å². The van der Waals surface area contributed by atoms with Crippen molar-refractivity contribution in [1.82, 2.24) is 0 Å². The van der Waals surface area contributed by atoms with E-state index in [1.54, 1.807) is 12.2 Å². The molecule has 0 amide bonds. The highest BCUT2D eigenvalue weighted by atomic mass is 32.2. The highest BCUT2D eigenvalue weighted by Crippen LogP contribution is 2.06. The van der Waals surface area contributed by atoms with Gasteiger partial charge < -0.3 is 0 Å². The van der Waals surface area contributed by atoms with Crippen molar-refractivity contribution in [2.75, 3.05) is 5.75 Å². The molecule has 0 atom stereocenters. The maximum atomic E-state index is 10.7. The van der Waals surface area contributed by atoms with Gasteiger partial charge in [-0.15, -0.1) is 0 Å². The second-order valence-electron chi connectivity index (χ2n) is 2.08. The van der Waals surface area contributed by atoms with E-state index >= 15 is 0 Å². The van der Waals surface area contributed by atoms with E-state index in [1.807, 2.05) is 6.92 Å². The Morgan fingerprint density at radius 3 is 2.56 bits per heavy atom. The summed E-state index contributed by atoms with van der Waals surface area (Å²) in [5, 5.41) is 1.25. The SMILES string of the molecule is CC1=CCS(=O)(=O)C=C1. The van der Waals surface area contributed by atoms with E-state index in [0.29, 0.717) is 0 Å². The van der Waals surface area contributed by atoms with Crippen LogP contribution in [0.25, 0.3) is 0 Å². The molecule has 0 saturated heterocycles. The van der Waals surface area contributed by atoms with Crippen LogP contribution in [0.15, 0.2) is 23.1 Å². The number of rotatable bonds is 0. The van der Waals surface area contributed by atoms with Crippen LogP contribution in [0.2, 0.25) is 0 Å². The summed E-state index contributed by atoms with van der Waals surface area (Å²) in [7, 11) is -2.87. The molecule has 0 bridgehead atoms. The summed E-state index contributed by atoms with van der Waals surface area (Å²) in [6.07, 6.45) is 3.31. The third-order valence-electron chi connectivity index (χ3n) is 1.18. The minimum Gasteiger partial charge on any atom is -0.224 e. The van der Waals surface area contributed by atoms with Crippen LogP contribution in [0.5, 0.6) is 0 Å². The molecule has 9 heavy (non-hydrogen) atoms. The van der Waals surface area contributed by atoms with Gasteiger partial charge in [0.05, 0.1) is 5.75 Å². The maximum absolute atomic E-state index is 10.7. The van der Waals surface area contributed by atoms with Crippen LogP contribution < -0.4 is 0 Å². The van der Waals surface area contributed by atoms with Gasteiger partial charge in [-0.3, -0.25) is 0 Å². The van der Waals surface area contributed by atoms with Gasteiger partial charge in [-0.2, -0.15) is 0 Å². The minimum absolute atomic E-state index is 0.162. The lowest BCUT2D eigenvalue weighted by molar-refractivity contribution is 0.607. The summed E-state index contributed by atoms with van der Waals surface area (Å²) in [5.74, 6) is 0.162. The average molecular weight is 144 g/mol. The predicted molar refractivity (Wildman–Crippen MR) is 36.7 cm³/mol. The molecule has 0 spiro atoms. The van der Waals surface area contributed by atoms with Crippen LogP contribution in [-0.4, -0.2) is 14.2 Å². The second-order valence-corrected chi connectivity index (χ2v) is 4.01. The van der Waals surface area contributed by atoms with Crippen LogP contribution in [-0.2, 0) is 9.84 Å². The quantitative estimate of drug-likeness (QED) is 0.505. The molecule has 1 heterocycles. The van der Waals surface area contributed by atoms with E-state index in [-0.39, 0.29) is 5.75 Å². The molecule has 0 radical (unpaired) electrons. The van der Waals surface area contributed by atoms with Gasteiger partial charge in [-0.1, -0.05) is 11.6 Å². The van der Waals surface area contributed by atoms with Gasteiger partial charge in [-0.25, -0.2) is 8.42 Å². The number of sulfone groups is 1. The standard InChI is InChI=1S/C6H8O2S/c1-6-2-4-9(7,8)5-3-6/h2-4H,5H2,1H3. The fourth-order valence-corrected chi connectivity index (χ4v) is 1.61. The van der Waals surface area contributed by atoms with Crippen molar-refractivity contribution in [3.05, 3.63) is 23.1 Å². The smallest absolute Gasteiger partial charge is 0.175 e. The molecule has 0 fully saturated rings. The van der Waals surface area contributed by atoms with E-state index < -0.39 is 9.84 Å². The predicted octanol–water partition coefficient (Wildman–Crippen LogP) is 0.875. The molecular weight excluding hydrogens is 136 g/mol. The Morgan fingerprint density at radius 2 is 2.22 bits per heavy atom. The van der Waals surface area contributed by atoms with E-state index in [1.165, 1.54) is 5.41 Å². The van der Waals surface area contributed by atoms with Crippen LogP contribution >= 0.6 is 0 Å². The molecule has 0 aliphatic carbocycles. The lowest BCUT2D eigenvalue weighted by Gasteiger charge is -1.99. The topological polar surface area (TPSA) is 34.1 Å². The van der Waals surface area contributed by atoms with Crippen LogP contribution in [0.3, 0.4) is 0 Å². The lowest BCUT2D eigenvalue weighted by atomic mass is 10.3. The lowest BCUT2D eigenvalue weighted by Crippen LogP contribution is -2.02. The number of allylic oxidation sites excluding steroid dienone is 2. The summed E-state index contributed by atoms with van der Waals surface area (Å²) >= 11 is 0. The van der Waals surface area contributed by atoms with Gasteiger partial charge in [0.25, 0.3) is 0 Å². The van der Waals surface area contributed by atoms with Crippen molar-refractivity contribution < 1.29 is 8.42 Å². The molecule has 0 unspecified atom stereocenters. The van der Waals surface area contributed by atoms with Gasteiger partial charge in [0.1, 0.15) is 0 Å². The molecule has 50 valence electrons. The highest BCUT2D eigenvalue weighted by molar-refractivity contribution is 7.94. The van der Waals surface area contributed by atoms with Gasteiger partial charge in [-0.05, 0) is 13.0 Å². The van der Waals surface area contributed by atoms with Gasteiger partial charge >= 0.3 is 0 Å². The molecule has 0 N–H and O–H groups in total. The van der Waals surface area contributed by atoms with Crippen molar-refractivity contribution in [2.24, 2.45) is 0 Å². The third kappa shape index (κ3) is 1.68. The van der Waals surface area contributed by atoms with Crippen LogP contribution in [0.1, 0.15) is 6.92 Å². The van der Waals surface area contributed by atoms with E-state index in [4.69, 9.17) is 0 Å². The van der Waals surface area contributed by atoms with E-state index in [9.17, 15) is 8.42 Å². The van der Waals surface area contributed by atoms with E-state index in [0.717, 1.165) is 5.57 Å². The first kappa shape index (κ1) is 6.55. The first-order valence-electron chi connectivity index (χ1n) is 2.68. The van der Waals surface area contributed by atoms with Crippen molar-refractivity contribution in [3.8, 4) is 0 Å². The molecule has 2 nitrogen and oxygen atoms in total. The van der Waals surface area contributed by atoms with Crippen molar-refractivity contribution in [1.29, 1.82) is 0 Å². The summed E-state index contributed by atoms with van der Waals surface area (Å²) < 4.78 is 21.3. The fraction of sp³-hybridized carbons (Fsp3) is 0.333. The van der Waals surface area contributed by atoms with Crippen molar-refractivity contribution in [2.45, 2.75) is 6.92 Å². The zero-order valence-electron chi connectivity index (χ0n) is 5.16. The minimum atomic E-state index is -2.87. The van der Waals surface area contributed by atoms with Gasteiger partial charge in [0, 0.05) is 5.41 Å². The summed E-state index contributed by atoms with van der Waals surface area (Å²) in [5.41, 5.74) is 1.02. The first-order chi connectivity index (χ1) is 4.10. The average Bonchev–Trinajstić information content (AvgIpc) is 1.78. The Hall–Kier alpha value is -0.570. The maximum Gasteiger partial charge on any atom is 0.175 e. The molecule has 0 aromatic rings. The number of hydrogen-bond donors (Lipinski definition) is 0. The van der Waals surface area contributed by atoms with Gasteiger partial charge in [0.15, 0.2) is 9.84 Å². The summed E-state index contributed by atoms with van der Waals surface area (Å²) in [4.78, 5) is 0. The summed E-state index contributed by atoms with van der Waals surface area (Å²) in [6, 6.07) is 0. The molecule has 1 aliphatic heterocycles. The molecule has 3 heteroatoms. The Bertz CT molecular complexity index is 257. The normalized spacial score (nSPS) is 23.4. The Morgan fingerprint density at radius 1 is 1.56 bits per heavy atom.